The zero-order valence-electron chi connectivity index (χ0n) is 9.94. The van der Waals surface area contributed by atoms with Gasteiger partial charge in [-0.15, -0.1) is 0 Å². The van der Waals surface area contributed by atoms with E-state index in [2.05, 4.69) is 9.97 Å². The summed E-state index contributed by atoms with van der Waals surface area (Å²) in [6.45, 7) is 0. The monoisotopic (exact) mass is 284 g/mol. The second-order valence-electron chi connectivity index (χ2n) is 4.79. The lowest BCUT2D eigenvalue weighted by Crippen LogP contribution is -2.36. The van der Waals surface area contributed by atoms with E-state index in [9.17, 15) is 8.78 Å². The molecule has 2 aromatic heterocycles. The molecule has 0 radical (unpaired) electrons. The molecule has 1 aliphatic carbocycles. The van der Waals surface area contributed by atoms with Gasteiger partial charge in [0.1, 0.15) is 5.15 Å². The second-order valence-corrected chi connectivity index (χ2v) is 5.15. The van der Waals surface area contributed by atoms with Crippen molar-refractivity contribution in [2.45, 2.75) is 25.2 Å². The molecule has 3 nitrogen and oxygen atoms in total. The Morgan fingerprint density at radius 2 is 2.16 bits per heavy atom. The summed E-state index contributed by atoms with van der Waals surface area (Å²) in [6.07, 6.45) is 3.40. The van der Waals surface area contributed by atoms with Gasteiger partial charge in [0.15, 0.2) is 11.7 Å². The standard InChI is InChI=1S/C13H11ClF2N2O/c14-12-9(2-1-3-17-12)10-7-18-11(19-10)4-8-5-13(15,16)6-8/h1-3,7-8H,4-6H2. The summed E-state index contributed by atoms with van der Waals surface area (Å²) in [5.41, 5.74) is 0.654. The van der Waals surface area contributed by atoms with E-state index >= 15 is 0 Å². The second kappa shape index (κ2) is 4.56. The van der Waals surface area contributed by atoms with Crippen LogP contribution in [-0.4, -0.2) is 15.9 Å². The van der Waals surface area contributed by atoms with Crippen molar-refractivity contribution in [3.8, 4) is 11.3 Å². The van der Waals surface area contributed by atoms with Crippen LogP contribution in [0.5, 0.6) is 0 Å². The van der Waals surface area contributed by atoms with E-state index in [-0.39, 0.29) is 18.8 Å². The van der Waals surface area contributed by atoms with E-state index in [1.54, 1.807) is 24.5 Å². The summed E-state index contributed by atoms with van der Waals surface area (Å²) in [4.78, 5) is 8.06. The van der Waals surface area contributed by atoms with Gasteiger partial charge in [0.25, 0.3) is 0 Å². The molecule has 1 aliphatic rings. The molecule has 19 heavy (non-hydrogen) atoms. The molecule has 3 rings (SSSR count). The number of pyridine rings is 1. The molecular weight excluding hydrogens is 274 g/mol. The van der Waals surface area contributed by atoms with Crippen LogP contribution in [0, 0.1) is 5.92 Å². The quantitative estimate of drug-likeness (QED) is 0.800. The molecule has 0 aliphatic heterocycles. The first-order valence-electron chi connectivity index (χ1n) is 5.97. The summed E-state index contributed by atoms with van der Waals surface area (Å²) in [5, 5.41) is 0.334. The Bertz CT molecular complexity index is 592. The van der Waals surface area contributed by atoms with Crippen molar-refractivity contribution < 1.29 is 13.2 Å². The molecule has 2 aromatic rings. The molecule has 2 heterocycles. The number of alkyl halides is 2. The van der Waals surface area contributed by atoms with Crippen LogP contribution in [0.3, 0.4) is 0 Å². The highest BCUT2D eigenvalue weighted by Gasteiger charge is 2.45. The van der Waals surface area contributed by atoms with Crippen LogP contribution in [0.25, 0.3) is 11.3 Å². The molecule has 0 aromatic carbocycles. The average molecular weight is 285 g/mol. The lowest BCUT2D eigenvalue weighted by atomic mass is 9.79. The fourth-order valence-electron chi connectivity index (χ4n) is 2.28. The van der Waals surface area contributed by atoms with Gasteiger partial charge in [0.05, 0.1) is 11.8 Å². The van der Waals surface area contributed by atoms with Crippen LogP contribution < -0.4 is 0 Å². The first-order chi connectivity index (χ1) is 9.03. The largest absolute Gasteiger partial charge is 0.441 e. The van der Waals surface area contributed by atoms with Crippen LogP contribution in [-0.2, 0) is 6.42 Å². The Morgan fingerprint density at radius 3 is 2.84 bits per heavy atom. The molecule has 0 amide bonds. The predicted molar refractivity (Wildman–Crippen MR) is 66.1 cm³/mol. The van der Waals surface area contributed by atoms with Gasteiger partial charge >= 0.3 is 0 Å². The molecule has 6 heteroatoms. The summed E-state index contributed by atoms with van der Waals surface area (Å²) in [7, 11) is 0. The topological polar surface area (TPSA) is 38.9 Å². The minimum atomic E-state index is -2.51. The molecule has 0 spiro atoms. The number of hydrogen-bond acceptors (Lipinski definition) is 3. The fraction of sp³-hybridized carbons (Fsp3) is 0.385. The Labute approximate surface area is 113 Å². The summed E-state index contributed by atoms with van der Waals surface area (Å²) >= 11 is 5.95. The number of nitrogens with zero attached hydrogens (tertiary/aromatic N) is 2. The normalized spacial score (nSPS) is 18.3. The van der Waals surface area contributed by atoms with E-state index in [4.69, 9.17) is 16.0 Å². The predicted octanol–water partition coefficient (Wildman–Crippen LogP) is 3.98. The van der Waals surface area contributed by atoms with Crippen molar-refractivity contribution >= 4 is 11.6 Å². The molecule has 0 N–H and O–H groups in total. The van der Waals surface area contributed by atoms with E-state index in [1.807, 2.05) is 0 Å². The van der Waals surface area contributed by atoms with Crippen molar-refractivity contribution in [2.24, 2.45) is 5.92 Å². The Kier molecular flexibility index (Phi) is 3.01. The van der Waals surface area contributed by atoms with Gasteiger partial charge < -0.3 is 4.42 Å². The summed E-state index contributed by atoms with van der Waals surface area (Å²) < 4.78 is 31.0. The highest BCUT2D eigenvalue weighted by molar-refractivity contribution is 6.31. The van der Waals surface area contributed by atoms with Crippen LogP contribution >= 0.6 is 11.6 Å². The van der Waals surface area contributed by atoms with E-state index < -0.39 is 5.92 Å². The van der Waals surface area contributed by atoms with Crippen molar-refractivity contribution in [1.82, 2.24) is 9.97 Å². The van der Waals surface area contributed by atoms with Crippen LogP contribution in [0.1, 0.15) is 18.7 Å². The number of oxazole rings is 1. The minimum absolute atomic E-state index is 0.0501. The van der Waals surface area contributed by atoms with Crippen molar-refractivity contribution in [3.63, 3.8) is 0 Å². The molecule has 100 valence electrons. The van der Waals surface area contributed by atoms with Crippen molar-refractivity contribution in [1.29, 1.82) is 0 Å². The third-order valence-corrected chi connectivity index (χ3v) is 3.52. The lowest BCUT2D eigenvalue weighted by Gasteiger charge is -2.34. The van der Waals surface area contributed by atoms with Crippen LogP contribution in [0.4, 0.5) is 8.78 Å². The Hall–Kier alpha value is -1.49. The summed E-state index contributed by atoms with van der Waals surface area (Å²) in [5.74, 6) is -1.58. The first-order valence-corrected chi connectivity index (χ1v) is 6.35. The molecule has 0 unspecified atom stereocenters. The maximum atomic E-state index is 12.7. The maximum absolute atomic E-state index is 12.7. The van der Waals surface area contributed by atoms with E-state index in [0.29, 0.717) is 28.8 Å². The van der Waals surface area contributed by atoms with Gasteiger partial charge in [0.2, 0.25) is 5.92 Å². The SMILES string of the molecule is FC1(F)CC(Cc2ncc(-c3cccnc3Cl)o2)C1. The Morgan fingerprint density at radius 1 is 1.37 bits per heavy atom. The van der Waals surface area contributed by atoms with E-state index in [1.165, 1.54) is 0 Å². The molecule has 1 saturated carbocycles. The third-order valence-electron chi connectivity index (χ3n) is 3.22. The number of rotatable bonds is 3. The van der Waals surface area contributed by atoms with Gasteiger partial charge in [-0.1, -0.05) is 11.6 Å². The smallest absolute Gasteiger partial charge is 0.248 e. The van der Waals surface area contributed by atoms with Gasteiger partial charge in [0, 0.05) is 25.5 Å². The maximum Gasteiger partial charge on any atom is 0.248 e. The van der Waals surface area contributed by atoms with E-state index in [0.717, 1.165) is 0 Å². The lowest BCUT2D eigenvalue weighted by molar-refractivity contribution is -0.110. The number of halogens is 3. The fourth-order valence-corrected chi connectivity index (χ4v) is 2.49. The van der Waals surface area contributed by atoms with Gasteiger partial charge in [-0.2, -0.15) is 0 Å². The molecular formula is C13H11ClF2N2O. The number of aromatic nitrogens is 2. The first kappa shape index (κ1) is 12.5. The number of hydrogen-bond donors (Lipinski definition) is 0. The molecule has 0 saturated heterocycles. The minimum Gasteiger partial charge on any atom is -0.441 e. The van der Waals surface area contributed by atoms with Crippen molar-refractivity contribution in [3.05, 3.63) is 35.6 Å². The molecule has 0 bridgehead atoms. The van der Waals surface area contributed by atoms with Gasteiger partial charge in [-0.3, -0.25) is 0 Å². The highest BCUT2D eigenvalue weighted by Crippen LogP contribution is 2.44. The zero-order valence-corrected chi connectivity index (χ0v) is 10.7. The summed E-state index contributed by atoms with van der Waals surface area (Å²) in [6, 6.07) is 3.52. The average Bonchev–Trinajstić information content (AvgIpc) is 2.75. The molecule has 1 fully saturated rings. The highest BCUT2D eigenvalue weighted by atomic mass is 35.5. The zero-order chi connectivity index (χ0) is 13.5. The van der Waals surface area contributed by atoms with Crippen LogP contribution in [0.15, 0.2) is 28.9 Å². The van der Waals surface area contributed by atoms with Crippen LogP contribution in [0.2, 0.25) is 5.15 Å². The van der Waals surface area contributed by atoms with Crippen molar-refractivity contribution in [2.75, 3.05) is 0 Å². The van der Waals surface area contributed by atoms with Gasteiger partial charge in [-0.25, -0.2) is 18.7 Å². The Balaban J connectivity index is 1.72. The third kappa shape index (κ3) is 2.61. The van der Waals surface area contributed by atoms with Gasteiger partial charge in [-0.05, 0) is 18.1 Å². The molecule has 0 atom stereocenters.